The molecule has 2 rings (SSSR count). The van der Waals surface area contributed by atoms with Gasteiger partial charge in [0.2, 0.25) is 0 Å². The van der Waals surface area contributed by atoms with E-state index in [2.05, 4.69) is 17.2 Å². The van der Waals surface area contributed by atoms with Crippen LogP contribution < -0.4 is 5.32 Å². The molecule has 0 amide bonds. The van der Waals surface area contributed by atoms with Crippen LogP contribution in [0.25, 0.3) is 0 Å². The minimum Gasteiger partial charge on any atom is -0.387 e. The number of aliphatic hydroxyl groups is 1. The first-order valence-electron chi connectivity index (χ1n) is 6.34. The van der Waals surface area contributed by atoms with Crippen LogP contribution in [0, 0.1) is 11.8 Å². The molecule has 0 unspecified atom stereocenters. The highest BCUT2D eigenvalue weighted by molar-refractivity contribution is 5.33. The van der Waals surface area contributed by atoms with E-state index in [4.69, 9.17) is 0 Å². The first kappa shape index (κ1) is 13.4. The number of benzene rings is 2. The van der Waals surface area contributed by atoms with Gasteiger partial charge in [-0.05, 0) is 17.7 Å². The molecule has 0 radical (unpaired) electrons. The van der Waals surface area contributed by atoms with Crippen molar-refractivity contribution in [2.45, 2.75) is 6.10 Å². The predicted molar refractivity (Wildman–Crippen MR) is 77.6 cm³/mol. The summed E-state index contributed by atoms with van der Waals surface area (Å²) in [5.74, 6) is 6.10. The van der Waals surface area contributed by atoms with Gasteiger partial charge in [0.25, 0.3) is 0 Å². The maximum Gasteiger partial charge on any atom is 0.0914 e. The average Bonchev–Trinajstić information content (AvgIpc) is 2.49. The topological polar surface area (TPSA) is 32.3 Å². The van der Waals surface area contributed by atoms with Crippen molar-refractivity contribution in [3.05, 3.63) is 71.8 Å². The second-order valence-electron chi connectivity index (χ2n) is 4.23. The van der Waals surface area contributed by atoms with Gasteiger partial charge < -0.3 is 10.4 Å². The third-order valence-electron chi connectivity index (χ3n) is 2.74. The van der Waals surface area contributed by atoms with E-state index in [-0.39, 0.29) is 0 Å². The quantitative estimate of drug-likeness (QED) is 0.646. The van der Waals surface area contributed by atoms with Crippen LogP contribution in [-0.4, -0.2) is 18.2 Å². The lowest BCUT2D eigenvalue weighted by atomic mass is 10.1. The van der Waals surface area contributed by atoms with E-state index in [1.807, 2.05) is 60.7 Å². The second kappa shape index (κ2) is 7.38. The van der Waals surface area contributed by atoms with Crippen LogP contribution in [-0.2, 0) is 0 Å². The fourth-order valence-corrected chi connectivity index (χ4v) is 1.73. The van der Waals surface area contributed by atoms with Gasteiger partial charge in [-0.15, -0.1) is 0 Å². The summed E-state index contributed by atoms with van der Waals surface area (Å²) in [4.78, 5) is 0. The van der Waals surface area contributed by atoms with Crippen molar-refractivity contribution in [1.82, 2.24) is 5.32 Å². The fourth-order valence-electron chi connectivity index (χ4n) is 1.73. The molecule has 1 atom stereocenters. The number of aliphatic hydroxyl groups excluding tert-OH is 1. The zero-order chi connectivity index (χ0) is 13.3. The Labute approximate surface area is 114 Å². The molecule has 0 saturated heterocycles. The Hall–Kier alpha value is -2.08. The van der Waals surface area contributed by atoms with E-state index in [0.29, 0.717) is 13.1 Å². The van der Waals surface area contributed by atoms with Crippen molar-refractivity contribution in [3.63, 3.8) is 0 Å². The van der Waals surface area contributed by atoms with Crippen molar-refractivity contribution in [2.24, 2.45) is 0 Å². The van der Waals surface area contributed by atoms with Gasteiger partial charge in [-0.25, -0.2) is 0 Å². The molecule has 0 aliphatic rings. The Morgan fingerprint density at radius 1 is 0.947 bits per heavy atom. The molecule has 0 aliphatic carbocycles. The second-order valence-corrected chi connectivity index (χ2v) is 4.23. The molecule has 2 aromatic rings. The van der Waals surface area contributed by atoms with E-state index in [0.717, 1.165) is 11.1 Å². The molecule has 2 N–H and O–H groups in total. The molecule has 0 bridgehead atoms. The molecule has 0 aromatic heterocycles. The summed E-state index contributed by atoms with van der Waals surface area (Å²) in [7, 11) is 0. The maximum absolute atomic E-state index is 9.93. The van der Waals surface area contributed by atoms with Crippen LogP contribution >= 0.6 is 0 Å². The lowest BCUT2D eigenvalue weighted by molar-refractivity contribution is 0.176. The van der Waals surface area contributed by atoms with Crippen LogP contribution in [0.4, 0.5) is 0 Å². The summed E-state index contributed by atoms with van der Waals surface area (Å²) < 4.78 is 0. The van der Waals surface area contributed by atoms with E-state index >= 15 is 0 Å². The maximum atomic E-state index is 9.93. The van der Waals surface area contributed by atoms with E-state index in [1.54, 1.807) is 0 Å². The molecule has 0 aliphatic heterocycles. The molecule has 0 fully saturated rings. The fraction of sp³-hybridized carbons (Fsp3) is 0.176. The smallest absolute Gasteiger partial charge is 0.0914 e. The third-order valence-corrected chi connectivity index (χ3v) is 2.74. The Balaban J connectivity index is 1.74. The van der Waals surface area contributed by atoms with Crippen LogP contribution in [0.5, 0.6) is 0 Å². The van der Waals surface area contributed by atoms with Crippen molar-refractivity contribution in [2.75, 3.05) is 13.1 Å². The Bertz CT molecular complexity index is 540. The zero-order valence-corrected chi connectivity index (χ0v) is 10.7. The van der Waals surface area contributed by atoms with Gasteiger partial charge in [0.1, 0.15) is 0 Å². The Morgan fingerprint density at radius 3 is 2.26 bits per heavy atom. The molecule has 2 nitrogen and oxygen atoms in total. The third kappa shape index (κ3) is 4.59. The van der Waals surface area contributed by atoms with Gasteiger partial charge >= 0.3 is 0 Å². The first-order valence-corrected chi connectivity index (χ1v) is 6.34. The summed E-state index contributed by atoms with van der Waals surface area (Å²) in [5, 5.41) is 13.1. The monoisotopic (exact) mass is 251 g/mol. The molecular weight excluding hydrogens is 234 g/mol. The van der Waals surface area contributed by atoms with Crippen molar-refractivity contribution in [1.29, 1.82) is 0 Å². The molecule has 96 valence electrons. The van der Waals surface area contributed by atoms with Gasteiger partial charge in [-0.2, -0.15) is 0 Å². The first-order chi connectivity index (χ1) is 9.36. The number of rotatable bonds is 4. The molecule has 2 aromatic carbocycles. The normalized spacial score (nSPS) is 11.4. The summed E-state index contributed by atoms with van der Waals surface area (Å²) in [6.07, 6.45) is -0.486. The van der Waals surface area contributed by atoms with Gasteiger partial charge in [-0.3, -0.25) is 0 Å². The molecular formula is C17H17NO. The van der Waals surface area contributed by atoms with Crippen molar-refractivity contribution < 1.29 is 5.11 Å². The van der Waals surface area contributed by atoms with E-state index in [1.165, 1.54) is 0 Å². The van der Waals surface area contributed by atoms with Gasteiger partial charge in [0, 0.05) is 12.1 Å². The van der Waals surface area contributed by atoms with Gasteiger partial charge in [0.05, 0.1) is 12.6 Å². The lowest BCUT2D eigenvalue weighted by Crippen LogP contribution is -2.21. The highest BCUT2D eigenvalue weighted by atomic mass is 16.3. The van der Waals surface area contributed by atoms with E-state index in [9.17, 15) is 5.11 Å². The summed E-state index contributed by atoms with van der Waals surface area (Å²) >= 11 is 0. The molecule has 0 saturated carbocycles. The largest absolute Gasteiger partial charge is 0.387 e. The number of nitrogens with one attached hydrogen (secondary N) is 1. The highest BCUT2D eigenvalue weighted by Crippen LogP contribution is 2.10. The van der Waals surface area contributed by atoms with Gasteiger partial charge in [0.15, 0.2) is 0 Å². The van der Waals surface area contributed by atoms with Crippen LogP contribution in [0.15, 0.2) is 60.7 Å². The molecule has 0 heterocycles. The average molecular weight is 251 g/mol. The Kier molecular flexibility index (Phi) is 5.18. The van der Waals surface area contributed by atoms with Crippen LogP contribution in [0.3, 0.4) is 0 Å². The minimum atomic E-state index is -0.486. The Morgan fingerprint density at radius 2 is 1.58 bits per heavy atom. The molecule has 0 spiro atoms. The summed E-state index contributed by atoms with van der Waals surface area (Å²) in [6, 6.07) is 19.5. The minimum absolute atomic E-state index is 0.486. The standard InChI is InChI=1S/C17H17NO/c19-17(16-11-5-2-6-12-16)14-18-13-7-10-15-8-3-1-4-9-15/h1-6,8-9,11-12,17-19H,13-14H2/t17-/m1/s1. The van der Waals surface area contributed by atoms with Gasteiger partial charge in [-0.1, -0.05) is 60.4 Å². The lowest BCUT2D eigenvalue weighted by Gasteiger charge is -2.10. The van der Waals surface area contributed by atoms with E-state index < -0.39 is 6.10 Å². The van der Waals surface area contributed by atoms with Crippen LogP contribution in [0.1, 0.15) is 17.2 Å². The summed E-state index contributed by atoms with van der Waals surface area (Å²) in [5.41, 5.74) is 1.93. The molecule has 2 heteroatoms. The predicted octanol–water partition coefficient (Wildman–Crippen LogP) is 2.36. The zero-order valence-electron chi connectivity index (χ0n) is 10.7. The summed E-state index contributed by atoms with van der Waals surface area (Å²) in [6.45, 7) is 1.08. The van der Waals surface area contributed by atoms with Crippen LogP contribution in [0.2, 0.25) is 0 Å². The SMILES string of the molecule is O[C@H](CNCC#Cc1ccccc1)c1ccccc1. The van der Waals surface area contributed by atoms with Crippen molar-refractivity contribution >= 4 is 0 Å². The molecule has 19 heavy (non-hydrogen) atoms. The highest BCUT2D eigenvalue weighted by Gasteiger charge is 2.04. The number of hydrogen-bond donors (Lipinski definition) is 2. The number of hydrogen-bond acceptors (Lipinski definition) is 2. The van der Waals surface area contributed by atoms with Crippen molar-refractivity contribution in [3.8, 4) is 11.8 Å².